The molecule has 0 aliphatic heterocycles. The second-order valence-electron chi connectivity index (χ2n) is 13.9. The van der Waals surface area contributed by atoms with Crippen LogP contribution in [0.2, 0.25) is 0 Å². The number of benzene rings is 3. The SMILES string of the molecule is Cc1ccc(Oc2ccc([N+](=O)[O-])c(NCC(C)(C)O)c2)nc1.Cc1ccc(Oc2ccc3ncn(CC(C)(C)O)c3c2)nc1.O=[N+]([O-])c1ccc(O)cc1F. The second kappa shape index (κ2) is 18.1. The Kier molecular flexibility index (Phi) is 13.6. The van der Waals surface area contributed by atoms with Crippen LogP contribution in [0.25, 0.3) is 11.0 Å². The number of aryl methyl sites for hydroxylation is 2. The first kappa shape index (κ1) is 42.0. The highest BCUT2D eigenvalue weighted by molar-refractivity contribution is 5.77. The Hall–Kier alpha value is -6.72. The molecular weight excluding hydrogens is 729 g/mol. The lowest BCUT2D eigenvalue weighted by Crippen LogP contribution is -2.29. The molecule has 0 saturated heterocycles. The van der Waals surface area contributed by atoms with Crippen LogP contribution in [0.15, 0.2) is 97.6 Å². The number of aromatic hydroxyl groups is 1. The smallest absolute Gasteiger partial charge is 0.305 e. The van der Waals surface area contributed by atoms with Gasteiger partial charge in [-0.15, -0.1) is 0 Å². The van der Waals surface area contributed by atoms with Crippen molar-refractivity contribution in [3.63, 3.8) is 0 Å². The molecule has 16 nitrogen and oxygen atoms in total. The molecule has 0 amide bonds. The number of anilines is 1. The molecule has 6 aromatic rings. The lowest BCUT2D eigenvalue weighted by molar-refractivity contribution is -0.387. The third-order valence-electron chi connectivity index (χ3n) is 7.37. The van der Waals surface area contributed by atoms with E-state index in [0.717, 1.165) is 34.3 Å². The molecule has 0 aliphatic rings. The fourth-order valence-corrected chi connectivity index (χ4v) is 4.75. The van der Waals surface area contributed by atoms with Crippen LogP contribution in [0, 0.1) is 39.9 Å². The van der Waals surface area contributed by atoms with Crippen molar-refractivity contribution in [3.05, 3.63) is 135 Å². The molecule has 3 heterocycles. The molecule has 0 aliphatic carbocycles. The zero-order valence-electron chi connectivity index (χ0n) is 31.5. The maximum absolute atomic E-state index is 12.5. The number of nitrogens with one attached hydrogen (secondary N) is 1. The van der Waals surface area contributed by atoms with E-state index in [4.69, 9.17) is 14.6 Å². The summed E-state index contributed by atoms with van der Waals surface area (Å²) in [6.07, 6.45) is 5.18. The molecule has 0 saturated carbocycles. The van der Waals surface area contributed by atoms with Crippen molar-refractivity contribution < 1.29 is 39.0 Å². The van der Waals surface area contributed by atoms with Crippen LogP contribution in [0.4, 0.5) is 21.5 Å². The fourth-order valence-electron chi connectivity index (χ4n) is 4.75. The van der Waals surface area contributed by atoms with Crippen molar-refractivity contribution in [3.8, 4) is 29.0 Å². The van der Waals surface area contributed by atoms with Gasteiger partial charge >= 0.3 is 5.69 Å². The number of nitro benzene ring substituents is 2. The predicted molar refractivity (Wildman–Crippen MR) is 207 cm³/mol. The number of halogens is 1. The molecule has 0 radical (unpaired) electrons. The summed E-state index contributed by atoms with van der Waals surface area (Å²) in [4.78, 5) is 32.5. The van der Waals surface area contributed by atoms with Crippen molar-refractivity contribution in [2.45, 2.75) is 59.3 Å². The highest BCUT2D eigenvalue weighted by atomic mass is 19.1. The molecule has 0 atom stereocenters. The van der Waals surface area contributed by atoms with E-state index in [2.05, 4.69) is 20.3 Å². The molecule has 4 N–H and O–H groups in total. The summed E-state index contributed by atoms with van der Waals surface area (Å²) in [6, 6.07) is 20.1. The Morgan fingerprint density at radius 3 is 1.80 bits per heavy atom. The number of phenols is 1. The average molecular weight is 772 g/mol. The van der Waals surface area contributed by atoms with E-state index in [-0.39, 0.29) is 23.7 Å². The maximum Gasteiger partial charge on any atom is 0.305 e. The van der Waals surface area contributed by atoms with Crippen molar-refractivity contribution in [1.82, 2.24) is 19.5 Å². The standard InChI is InChI=1S/C17H19N3O2.C16H19N3O4.C6H4FNO3/c1-12-4-7-16(18-9-12)22-13-5-6-14-15(8-13)20(11-19-14)10-17(2,3)21;1-11-4-7-15(17-9-11)23-12-5-6-14(19(21)22)13(8-12)18-10-16(2,3)20;7-5-3-4(9)1-2-6(5)8(10)11/h4-9,11,21H,10H2,1-3H3;4-9,18,20H,10H2,1-3H3;1-3,9H. The van der Waals surface area contributed by atoms with Crippen LogP contribution in [-0.4, -0.2) is 62.4 Å². The first-order valence-corrected chi connectivity index (χ1v) is 17.0. The Bertz CT molecular complexity index is 2270. The minimum Gasteiger partial charge on any atom is -0.508 e. The van der Waals surface area contributed by atoms with Gasteiger partial charge in [-0.2, -0.15) is 4.39 Å². The number of hydrogen-bond donors (Lipinski definition) is 4. The van der Waals surface area contributed by atoms with Gasteiger partial charge in [0.2, 0.25) is 17.6 Å². The minimum absolute atomic E-state index is 0.0848. The topological polar surface area (TPSA) is 221 Å². The summed E-state index contributed by atoms with van der Waals surface area (Å²) in [6.45, 7) is 11.3. The molecule has 0 bridgehead atoms. The Balaban J connectivity index is 0.000000198. The Morgan fingerprint density at radius 2 is 1.30 bits per heavy atom. The highest BCUT2D eigenvalue weighted by Crippen LogP contribution is 2.31. The summed E-state index contributed by atoms with van der Waals surface area (Å²) in [7, 11) is 0. The van der Waals surface area contributed by atoms with Crippen molar-refractivity contribution in [1.29, 1.82) is 0 Å². The van der Waals surface area contributed by atoms with Gasteiger partial charge in [0, 0.05) is 61.4 Å². The molecule has 3 aromatic heterocycles. The van der Waals surface area contributed by atoms with Crippen molar-refractivity contribution in [2.24, 2.45) is 0 Å². The molecule has 294 valence electrons. The second-order valence-corrected chi connectivity index (χ2v) is 13.9. The molecule has 17 heteroatoms. The lowest BCUT2D eigenvalue weighted by atomic mass is 10.1. The van der Waals surface area contributed by atoms with Crippen LogP contribution >= 0.6 is 0 Å². The van der Waals surface area contributed by atoms with E-state index < -0.39 is 32.6 Å². The van der Waals surface area contributed by atoms with Gasteiger partial charge in [0.25, 0.3) is 5.69 Å². The first-order valence-electron chi connectivity index (χ1n) is 17.0. The van der Waals surface area contributed by atoms with Gasteiger partial charge in [-0.25, -0.2) is 15.0 Å². The summed E-state index contributed by atoms with van der Waals surface area (Å²) < 4.78 is 25.8. The number of aliphatic hydroxyl groups is 2. The first-order chi connectivity index (χ1) is 26.3. The quantitative estimate of drug-likeness (QED) is 0.0725. The van der Waals surface area contributed by atoms with Crippen molar-refractivity contribution in [2.75, 3.05) is 11.9 Å². The average Bonchev–Trinajstić information content (AvgIpc) is 3.49. The Morgan fingerprint density at radius 1 is 0.750 bits per heavy atom. The van der Waals surface area contributed by atoms with Gasteiger partial charge in [-0.1, -0.05) is 12.1 Å². The van der Waals surface area contributed by atoms with Crippen LogP contribution in [-0.2, 0) is 6.54 Å². The number of rotatable bonds is 11. The third kappa shape index (κ3) is 13.0. The number of imidazole rings is 1. The normalized spacial score (nSPS) is 11.1. The van der Waals surface area contributed by atoms with E-state index in [0.29, 0.717) is 35.9 Å². The zero-order chi connectivity index (χ0) is 41.2. The van der Waals surface area contributed by atoms with Gasteiger partial charge in [-0.05, 0) is 76.9 Å². The predicted octanol–water partition coefficient (Wildman–Crippen LogP) is 8.02. The van der Waals surface area contributed by atoms with Crippen LogP contribution < -0.4 is 14.8 Å². The molecular formula is C39H42FN7O9. The highest BCUT2D eigenvalue weighted by Gasteiger charge is 2.19. The summed E-state index contributed by atoms with van der Waals surface area (Å²) in [5.41, 5.74) is 1.65. The largest absolute Gasteiger partial charge is 0.508 e. The van der Waals surface area contributed by atoms with Gasteiger partial charge in [0.1, 0.15) is 22.9 Å². The van der Waals surface area contributed by atoms with Crippen LogP contribution in [0.3, 0.4) is 0 Å². The molecule has 56 heavy (non-hydrogen) atoms. The van der Waals surface area contributed by atoms with E-state index in [9.17, 15) is 34.8 Å². The van der Waals surface area contributed by atoms with E-state index in [1.54, 1.807) is 52.5 Å². The van der Waals surface area contributed by atoms with Gasteiger partial charge in [0.15, 0.2) is 0 Å². The number of pyridine rings is 2. The lowest BCUT2D eigenvalue weighted by Gasteiger charge is -2.18. The molecule has 0 spiro atoms. The van der Waals surface area contributed by atoms with Gasteiger partial charge in [-0.3, -0.25) is 20.2 Å². The Labute approximate surface area is 321 Å². The molecule has 3 aromatic carbocycles. The van der Waals surface area contributed by atoms with E-state index in [1.165, 1.54) is 18.2 Å². The summed E-state index contributed by atoms with van der Waals surface area (Å²) in [5.74, 6) is 0.714. The van der Waals surface area contributed by atoms with Crippen LogP contribution in [0.1, 0.15) is 38.8 Å². The fraction of sp³-hybridized carbons (Fsp3) is 0.256. The summed E-state index contributed by atoms with van der Waals surface area (Å²) in [5, 5.41) is 52.4. The molecule has 6 rings (SSSR count). The zero-order valence-corrected chi connectivity index (χ0v) is 31.5. The number of aromatic nitrogens is 4. The van der Waals surface area contributed by atoms with Gasteiger partial charge in [0.05, 0.1) is 45.0 Å². The number of ether oxygens (including phenoxy) is 2. The van der Waals surface area contributed by atoms with Gasteiger partial charge < -0.3 is 34.7 Å². The number of hydrogen-bond acceptors (Lipinski definition) is 13. The van der Waals surface area contributed by atoms with Crippen LogP contribution in [0.5, 0.6) is 29.0 Å². The van der Waals surface area contributed by atoms with E-state index in [1.807, 2.05) is 54.8 Å². The monoisotopic (exact) mass is 771 g/mol. The third-order valence-corrected chi connectivity index (χ3v) is 7.37. The summed E-state index contributed by atoms with van der Waals surface area (Å²) >= 11 is 0. The number of phenolic OH excluding ortho intramolecular Hbond substituents is 1. The minimum atomic E-state index is -1.03. The van der Waals surface area contributed by atoms with E-state index >= 15 is 0 Å². The number of fused-ring (bicyclic) bond motifs is 1. The molecule has 0 fully saturated rings. The van der Waals surface area contributed by atoms with Crippen molar-refractivity contribution >= 4 is 28.1 Å². The molecule has 0 unspecified atom stereocenters. The number of nitro groups is 2. The number of nitrogens with zero attached hydrogens (tertiary/aromatic N) is 6. The maximum atomic E-state index is 12.5.